The van der Waals surface area contributed by atoms with E-state index < -0.39 is 0 Å². The number of nitrogens with two attached hydrogens (primary N) is 1. The first-order chi connectivity index (χ1) is 16.6. The predicted octanol–water partition coefficient (Wildman–Crippen LogP) is 2.92. The molecule has 6 rings (SSSR count). The fourth-order valence-electron chi connectivity index (χ4n) is 5.48. The van der Waals surface area contributed by atoms with Gasteiger partial charge in [-0.2, -0.15) is 9.61 Å². The van der Waals surface area contributed by atoms with Crippen LogP contribution in [0.15, 0.2) is 30.6 Å². The number of benzene rings is 1. The van der Waals surface area contributed by atoms with Gasteiger partial charge in [-0.05, 0) is 37.8 Å². The third-order valence-electron chi connectivity index (χ3n) is 7.30. The fraction of sp³-hybridized carbons (Fsp3) is 0.500. The molecule has 10 nitrogen and oxygen atoms in total. The molecule has 34 heavy (non-hydrogen) atoms. The van der Waals surface area contributed by atoms with Gasteiger partial charge < -0.3 is 20.5 Å². The first-order valence-electron chi connectivity index (χ1n) is 12.1. The molecule has 1 aliphatic heterocycles. The summed E-state index contributed by atoms with van der Waals surface area (Å²) in [6, 6.07) is 5.84. The lowest BCUT2D eigenvalue weighted by molar-refractivity contribution is 0.0695. The molecule has 0 unspecified atom stereocenters. The number of hydrogen-bond acceptors (Lipinski definition) is 8. The summed E-state index contributed by atoms with van der Waals surface area (Å²) in [6.45, 7) is 1.77. The molecule has 0 amide bonds. The van der Waals surface area contributed by atoms with Crippen molar-refractivity contribution >= 4 is 28.2 Å². The Bertz CT molecular complexity index is 1330. The molecule has 1 aromatic carbocycles. The summed E-state index contributed by atoms with van der Waals surface area (Å²) in [7, 11) is 1.62. The lowest BCUT2D eigenvalue weighted by Crippen LogP contribution is -2.34. The molecule has 178 valence electrons. The van der Waals surface area contributed by atoms with Gasteiger partial charge in [0.1, 0.15) is 11.3 Å². The molecular formula is C24H30N8O2. The Morgan fingerprint density at radius 1 is 1.12 bits per heavy atom. The van der Waals surface area contributed by atoms with Crippen LogP contribution in [-0.4, -0.2) is 60.8 Å². The second kappa shape index (κ2) is 8.43. The highest BCUT2D eigenvalue weighted by molar-refractivity contribution is 5.95. The van der Waals surface area contributed by atoms with E-state index in [0.29, 0.717) is 22.9 Å². The van der Waals surface area contributed by atoms with Crippen LogP contribution in [0.25, 0.3) is 16.6 Å². The van der Waals surface area contributed by atoms with Crippen LogP contribution in [0.5, 0.6) is 5.75 Å². The number of nitrogen functional groups attached to an aromatic ring is 1. The summed E-state index contributed by atoms with van der Waals surface area (Å²) in [4.78, 5) is 11.8. The summed E-state index contributed by atoms with van der Waals surface area (Å²) < 4.78 is 9.06. The average Bonchev–Trinajstić information content (AvgIpc) is 3.53. The van der Waals surface area contributed by atoms with Crippen molar-refractivity contribution in [3.8, 4) is 5.75 Å². The van der Waals surface area contributed by atoms with Gasteiger partial charge in [0.05, 0.1) is 31.1 Å². The van der Waals surface area contributed by atoms with E-state index in [4.69, 9.17) is 20.6 Å². The highest BCUT2D eigenvalue weighted by atomic mass is 16.5. The molecule has 3 atom stereocenters. The van der Waals surface area contributed by atoms with Gasteiger partial charge in [0, 0.05) is 30.6 Å². The van der Waals surface area contributed by atoms with E-state index >= 15 is 0 Å². The first-order valence-corrected chi connectivity index (χ1v) is 12.1. The molecule has 4 aromatic rings. The predicted molar refractivity (Wildman–Crippen MR) is 129 cm³/mol. The Morgan fingerprint density at radius 3 is 2.85 bits per heavy atom. The number of ether oxygens (including phenoxy) is 1. The lowest BCUT2D eigenvalue weighted by Gasteiger charge is -2.32. The van der Waals surface area contributed by atoms with Crippen LogP contribution in [0.1, 0.15) is 56.3 Å². The Morgan fingerprint density at radius 2 is 2.00 bits per heavy atom. The molecule has 0 radical (unpaired) electrons. The number of piperidine rings is 1. The van der Waals surface area contributed by atoms with Crippen LogP contribution in [0, 0.1) is 0 Å². The van der Waals surface area contributed by atoms with Gasteiger partial charge in [0.15, 0.2) is 11.5 Å². The van der Waals surface area contributed by atoms with Crippen LogP contribution in [0.2, 0.25) is 0 Å². The number of hydrogen-bond donors (Lipinski definition) is 2. The van der Waals surface area contributed by atoms with Crippen molar-refractivity contribution < 1.29 is 9.84 Å². The number of aromatic nitrogens is 6. The number of anilines is 2. The van der Waals surface area contributed by atoms with Crippen molar-refractivity contribution in [3.05, 3.63) is 36.4 Å². The van der Waals surface area contributed by atoms with E-state index in [1.165, 1.54) is 0 Å². The van der Waals surface area contributed by atoms with E-state index in [9.17, 15) is 5.11 Å². The first kappa shape index (κ1) is 21.2. The zero-order chi connectivity index (χ0) is 23.2. The van der Waals surface area contributed by atoms with Gasteiger partial charge in [-0.1, -0.05) is 18.9 Å². The molecular weight excluding hydrogens is 432 g/mol. The average molecular weight is 463 g/mol. The number of nitrogens with zero attached hydrogens (tertiary/aromatic N) is 7. The van der Waals surface area contributed by atoms with Gasteiger partial charge in [-0.15, -0.1) is 5.10 Å². The van der Waals surface area contributed by atoms with E-state index in [1.54, 1.807) is 11.6 Å². The maximum absolute atomic E-state index is 10.4. The summed E-state index contributed by atoms with van der Waals surface area (Å²) in [6.07, 6.45) is 9.80. The minimum Gasteiger partial charge on any atom is -0.494 e. The standard InChI is InChI=1S/C24H30N8O2/c1-34-20-10-4-7-17-21(20)27-24(25)32-23(17)28-22(29-32)15-6-5-11-30(13-15)16-12-26-31(14-16)18-8-2-3-9-19(18)33/h4,7,10,12,14-15,18-19,33H,2-3,5-6,8-9,11,13H2,1H3,(H2,25,27)/t15-,18+,19-/m1/s1. The molecule has 1 saturated carbocycles. The third-order valence-corrected chi connectivity index (χ3v) is 7.30. The van der Waals surface area contributed by atoms with Crippen molar-refractivity contribution in [2.45, 2.75) is 56.6 Å². The van der Waals surface area contributed by atoms with Crippen LogP contribution in [-0.2, 0) is 0 Å². The number of fused-ring (bicyclic) bond motifs is 3. The van der Waals surface area contributed by atoms with E-state index in [1.807, 2.05) is 29.1 Å². The van der Waals surface area contributed by atoms with Crippen molar-refractivity contribution in [3.63, 3.8) is 0 Å². The quantitative estimate of drug-likeness (QED) is 0.475. The smallest absolute Gasteiger partial charge is 0.223 e. The van der Waals surface area contributed by atoms with Crippen LogP contribution >= 0.6 is 0 Å². The zero-order valence-electron chi connectivity index (χ0n) is 19.3. The number of rotatable bonds is 4. The van der Waals surface area contributed by atoms with Gasteiger partial charge in [-0.3, -0.25) is 4.68 Å². The Labute approximate surface area is 197 Å². The molecule has 2 aliphatic rings. The topological polar surface area (TPSA) is 120 Å². The molecule has 3 aromatic heterocycles. The second-order valence-corrected chi connectivity index (χ2v) is 9.41. The Balaban J connectivity index is 1.29. The molecule has 1 saturated heterocycles. The summed E-state index contributed by atoms with van der Waals surface area (Å²) in [5, 5.41) is 20.6. The molecule has 3 N–H and O–H groups in total. The Kier molecular flexibility index (Phi) is 5.24. The van der Waals surface area contributed by atoms with Gasteiger partial charge >= 0.3 is 0 Å². The van der Waals surface area contributed by atoms with Crippen LogP contribution < -0.4 is 15.4 Å². The van der Waals surface area contributed by atoms with Crippen molar-refractivity contribution in [1.82, 2.24) is 29.4 Å². The van der Waals surface area contributed by atoms with Gasteiger partial charge in [0.2, 0.25) is 5.95 Å². The van der Waals surface area contributed by atoms with Crippen molar-refractivity contribution in [1.29, 1.82) is 0 Å². The summed E-state index contributed by atoms with van der Waals surface area (Å²) >= 11 is 0. The molecule has 2 fully saturated rings. The summed E-state index contributed by atoms with van der Waals surface area (Å²) in [5.74, 6) is 1.92. The Hall–Kier alpha value is -3.40. The number of methoxy groups -OCH3 is 1. The largest absolute Gasteiger partial charge is 0.494 e. The molecule has 0 spiro atoms. The SMILES string of the molecule is COc1cccc2c1nc(N)n1nc([C@@H]3CCCN(c4cnn([C@H]5CCCC[C@H]5O)c4)C3)nc21. The summed E-state index contributed by atoms with van der Waals surface area (Å²) in [5.41, 5.74) is 8.72. The maximum Gasteiger partial charge on any atom is 0.223 e. The second-order valence-electron chi connectivity index (χ2n) is 9.41. The maximum atomic E-state index is 10.4. The highest BCUT2D eigenvalue weighted by Gasteiger charge is 2.29. The van der Waals surface area contributed by atoms with Gasteiger partial charge in [-0.25, -0.2) is 9.97 Å². The number of aliphatic hydroxyl groups is 1. The molecule has 10 heteroatoms. The minimum atomic E-state index is -0.315. The van der Waals surface area contributed by atoms with E-state index in [-0.39, 0.29) is 18.1 Å². The zero-order valence-corrected chi connectivity index (χ0v) is 19.3. The lowest BCUT2D eigenvalue weighted by atomic mass is 9.93. The normalized spacial score (nSPS) is 23.6. The molecule has 1 aliphatic carbocycles. The van der Waals surface area contributed by atoms with Crippen molar-refractivity contribution in [2.24, 2.45) is 0 Å². The molecule has 0 bridgehead atoms. The number of para-hydroxylation sites is 1. The van der Waals surface area contributed by atoms with Gasteiger partial charge in [0.25, 0.3) is 0 Å². The van der Waals surface area contributed by atoms with Crippen molar-refractivity contribution in [2.75, 3.05) is 30.8 Å². The monoisotopic (exact) mass is 462 g/mol. The molecule has 4 heterocycles. The highest BCUT2D eigenvalue weighted by Crippen LogP contribution is 2.33. The fourth-order valence-corrected chi connectivity index (χ4v) is 5.48. The third kappa shape index (κ3) is 3.53. The van der Waals surface area contributed by atoms with E-state index in [0.717, 1.165) is 68.5 Å². The number of aliphatic hydroxyl groups excluding tert-OH is 1. The van der Waals surface area contributed by atoms with Crippen LogP contribution in [0.3, 0.4) is 0 Å². The van der Waals surface area contributed by atoms with E-state index in [2.05, 4.69) is 21.2 Å². The van der Waals surface area contributed by atoms with Crippen LogP contribution in [0.4, 0.5) is 11.6 Å². The minimum absolute atomic E-state index is 0.0731.